The van der Waals surface area contributed by atoms with Gasteiger partial charge in [-0.05, 0) is 43.7 Å². The van der Waals surface area contributed by atoms with Crippen molar-refractivity contribution in [3.05, 3.63) is 80.0 Å². The number of amides is 1. The van der Waals surface area contributed by atoms with Gasteiger partial charge in [0.05, 0.1) is 22.1 Å². The Hall–Kier alpha value is -3.06. The van der Waals surface area contributed by atoms with Crippen molar-refractivity contribution in [1.29, 1.82) is 0 Å². The van der Waals surface area contributed by atoms with E-state index in [1.54, 1.807) is 22.4 Å². The number of benzene rings is 2. The summed E-state index contributed by atoms with van der Waals surface area (Å²) < 4.78 is 45.9. The maximum atomic E-state index is 14.5. The van der Waals surface area contributed by atoms with Gasteiger partial charge in [-0.15, -0.1) is 11.3 Å². The molecule has 4 aromatic rings. The summed E-state index contributed by atoms with van der Waals surface area (Å²) in [6.45, 7) is 5.51. The number of alkyl halides is 3. The molecule has 0 radical (unpaired) electrons. The lowest BCUT2D eigenvalue weighted by Gasteiger charge is -2.37. The number of nitrogens with zero attached hydrogens (tertiary/aromatic N) is 4. The Labute approximate surface area is 257 Å². The van der Waals surface area contributed by atoms with E-state index in [0.717, 1.165) is 15.8 Å². The van der Waals surface area contributed by atoms with Crippen molar-refractivity contribution in [2.45, 2.75) is 60.3 Å². The van der Waals surface area contributed by atoms with Crippen LogP contribution in [0.2, 0.25) is 5.02 Å². The van der Waals surface area contributed by atoms with E-state index in [2.05, 4.69) is 10.3 Å². The minimum absolute atomic E-state index is 0.0570. The van der Waals surface area contributed by atoms with Crippen molar-refractivity contribution >= 4 is 56.5 Å². The van der Waals surface area contributed by atoms with Crippen molar-refractivity contribution in [2.24, 2.45) is 0 Å². The van der Waals surface area contributed by atoms with Crippen LogP contribution in [0.1, 0.15) is 35.3 Å². The van der Waals surface area contributed by atoms with Crippen molar-refractivity contribution < 1.29 is 18.0 Å². The maximum Gasteiger partial charge on any atom is 0.416 e. The number of anilines is 1. The van der Waals surface area contributed by atoms with Gasteiger partial charge in [0.2, 0.25) is 0 Å². The third-order valence-corrected chi connectivity index (χ3v) is 12.8. The molecule has 226 valence electrons. The molecular formula is C30H29ClF3N5O2S2. The van der Waals surface area contributed by atoms with Crippen LogP contribution in [0.4, 0.5) is 19.0 Å². The summed E-state index contributed by atoms with van der Waals surface area (Å²) in [5.74, 6) is 0.519. The van der Waals surface area contributed by atoms with E-state index in [9.17, 15) is 22.8 Å². The Morgan fingerprint density at radius 3 is 2.49 bits per heavy atom. The molecule has 1 fully saturated rings. The normalized spacial score (nSPS) is 24.8. The molecular weight excluding hydrogens is 619 g/mol. The molecule has 2 aromatic carbocycles. The Morgan fingerprint density at radius 1 is 1.07 bits per heavy atom. The number of thiol groups is 1. The molecule has 4 atom stereocenters. The van der Waals surface area contributed by atoms with Gasteiger partial charge in [0.15, 0.2) is 0 Å². The number of carbonyl (C=O) groups is 1. The standard InChI is InChI=1S/C30H29ClF3N5O2S2/c1-16-10-37(11-17(2)35-16)27-23-7-19(30(32,33)34)8-24-26(23)39(29(41)36-27)13-21(15-43(24)25-9-20(31)14-42-25)38-12-18-5-3-4-6-22(18)28(38)40/h3-9,14,16-17,21,35,43H,10-13,15H2,1-2H3/t16-,17+,21-/m0/s1. The van der Waals surface area contributed by atoms with Crippen molar-refractivity contribution in [2.75, 3.05) is 23.7 Å². The van der Waals surface area contributed by atoms with Crippen LogP contribution >= 0.6 is 33.8 Å². The highest BCUT2D eigenvalue weighted by Gasteiger charge is 2.40. The predicted octanol–water partition coefficient (Wildman–Crippen LogP) is 5.77. The number of hydrogen-bond donors (Lipinski definition) is 2. The fourth-order valence-electron chi connectivity index (χ4n) is 6.66. The molecule has 3 aliphatic rings. The van der Waals surface area contributed by atoms with E-state index >= 15 is 0 Å². The molecule has 0 aliphatic carbocycles. The van der Waals surface area contributed by atoms with Crippen LogP contribution in [-0.4, -0.2) is 57.3 Å². The summed E-state index contributed by atoms with van der Waals surface area (Å²) >= 11 is 7.75. The van der Waals surface area contributed by atoms with Crippen LogP contribution in [0.5, 0.6) is 0 Å². The van der Waals surface area contributed by atoms with Crippen LogP contribution in [0.15, 0.2) is 61.7 Å². The van der Waals surface area contributed by atoms with E-state index < -0.39 is 34.4 Å². The second-order valence-corrected chi connectivity index (χ2v) is 15.4. The fourth-order valence-corrected chi connectivity index (χ4v) is 11.2. The Kier molecular flexibility index (Phi) is 7.03. The first-order valence-electron chi connectivity index (χ1n) is 14.0. The van der Waals surface area contributed by atoms with Crippen LogP contribution in [0, 0.1) is 0 Å². The highest BCUT2D eigenvalue weighted by atomic mass is 35.5. The molecule has 1 N–H and O–H groups in total. The number of carbonyl (C=O) groups excluding carboxylic acids is 1. The van der Waals surface area contributed by atoms with Crippen molar-refractivity contribution in [3.8, 4) is 0 Å². The lowest BCUT2D eigenvalue weighted by atomic mass is 10.1. The van der Waals surface area contributed by atoms with Crippen LogP contribution in [-0.2, 0) is 19.3 Å². The molecule has 1 amide bonds. The zero-order chi connectivity index (χ0) is 30.2. The van der Waals surface area contributed by atoms with Crippen molar-refractivity contribution in [3.63, 3.8) is 0 Å². The summed E-state index contributed by atoms with van der Waals surface area (Å²) in [5, 5.41) is 6.02. The fraction of sp³-hybridized carbons (Fsp3) is 0.367. The van der Waals surface area contributed by atoms with Gasteiger partial charge in [-0.25, -0.2) is 4.79 Å². The molecule has 0 bridgehead atoms. The summed E-state index contributed by atoms with van der Waals surface area (Å²) in [4.78, 5) is 36.1. The van der Waals surface area contributed by atoms with Gasteiger partial charge in [0.1, 0.15) is 5.82 Å². The largest absolute Gasteiger partial charge is 0.416 e. The molecule has 43 heavy (non-hydrogen) atoms. The van der Waals surface area contributed by atoms with Crippen LogP contribution < -0.4 is 15.9 Å². The smallest absolute Gasteiger partial charge is 0.353 e. The molecule has 5 heterocycles. The van der Waals surface area contributed by atoms with Crippen molar-refractivity contribution in [1.82, 2.24) is 19.8 Å². The summed E-state index contributed by atoms with van der Waals surface area (Å²) in [6.07, 6.45) is -4.61. The average molecular weight is 648 g/mol. The number of thiophene rings is 1. The van der Waals surface area contributed by atoms with E-state index in [4.69, 9.17) is 11.6 Å². The summed E-state index contributed by atoms with van der Waals surface area (Å²) in [6, 6.07) is 11.2. The number of aromatic nitrogens is 2. The van der Waals surface area contributed by atoms with E-state index in [1.807, 2.05) is 36.9 Å². The van der Waals surface area contributed by atoms with Gasteiger partial charge in [-0.1, -0.05) is 29.8 Å². The molecule has 2 aromatic heterocycles. The minimum atomic E-state index is -4.61. The SMILES string of the molecule is C[C@@H]1CN(c2nc(=O)n3c4c(cc(C(F)(F)F)cc24)[SH](c2cc(Cl)cs2)C[C@@H](N2Cc4ccccc4C2=O)C3)C[C@H](C)N1. The first-order chi connectivity index (χ1) is 20.5. The monoisotopic (exact) mass is 647 g/mol. The maximum absolute atomic E-state index is 14.5. The number of fused-ring (bicyclic) bond motifs is 1. The molecule has 1 unspecified atom stereocenters. The first kappa shape index (κ1) is 28.7. The highest BCUT2D eigenvalue weighted by molar-refractivity contribution is 8.18. The number of rotatable bonds is 3. The Balaban J connectivity index is 1.47. The zero-order valence-electron chi connectivity index (χ0n) is 23.4. The Bertz CT molecular complexity index is 1820. The lowest BCUT2D eigenvalue weighted by Crippen LogP contribution is -2.55. The second-order valence-electron chi connectivity index (χ2n) is 11.5. The third-order valence-electron chi connectivity index (χ3n) is 8.40. The Morgan fingerprint density at radius 2 is 1.81 bits per heavy atom. The van der Waals surface area contributed by atoms with E-state index in [0.29, 0.717) is 51.8 Å². The quantitative estimate of drug-likeness (QED) is 0.276. The lowest BCUT2D eigenvalue weighted by molar-refractivity contribution is -0.137. The predicted molar refractivity (Wildman–Crippen MR) is 165 cm³/mol. The number of nitrogens with one attached hydrogen (secondary N) is 1. The van der Waals surface area contributed by atoms with Crippen LogP contribution in [0.3, 0.4) is 0 Å². The van der Waals surface area contributed by atoms with E-state index in [-0.39, 0.29) is 30.4 Å². The third kappa shape index (κ3) is 5.01. The zero-order valence-corrected chi connectivity index (χ0v) is 25.8. The molecule has 7 nitrogen and oxygen atoms in total. The number of hydrogen-bond acceptors (Lipinski definition) is 6. The van der Waals surface area contributed by atoms with Gasteiger partial charge >= 0.3 is 11.9 Å². The van der Waals surface area contributed by atoms with Gasteiger partial charge < -0.3 is 15.1 Å². The number of piperazine rings is 1. The van der Waals surface area contributed by atoms with Gasteiger partial charge in [-0.3, -0.25) is 9.36 Å². The summed E-state index contributed by atoms with van der Waals surface area (Å²) in [7, 11) is -1.43. The molecule has 0 spiro atoms. The first-order valence-corrected chi connectivity index (χ1v) is 16.8. The minimum Gasteiger partial charge on any atom is -0.353 e. The topological polar surface area (TPSA) is 70.5 Å². The van der Waals surface area contributed by atoms with Crippen LogP contribution in [0.25, 0.3) is 10.9 Å². The van der Waals surface area contributed by atoms with Gasteiger partial charge in [-0.2, -0.15) is 29.1 Å². The highest BCUT2D eigenvalue weighted by Crippen LogP contribution is 2.54. The summed E-state index contributed by atoms with van der Waals surface area (Å²) in [5.41, 5.74) is 0.657. The molecule has 13 heteroatoms. The average Bonchev–Trinajstić information content (AvgIpc) is 3.47. The molecule has 3 aliphatic heterocycles. The van der Waals surface area contributed by atoms with E-state index in [1.165, 1.54) is 22.0 Å². The number of halogens is 4. The van der Waals surface area contributed by atoms with Gasteiger partial charge in [0, 0.05) is 69.4 Å². The van der Waals surface area contributed by atoms with Gasteiger partial charge in [0.25, 0.3) is 5.91 Å². The molecule has 1 saturated heterocycles. The molecule has 7 rings (SSSR count). The molecule has 0 saturated carbocycles. The second kappa shape index (κ2) is 10.5.